The normalized spacial score (nSPS) is 23.5. The fourth-order valence-corrected chi connectivity index (χ4v) is 3.21. The molecule has 1 saturated heterocycles. The largest absolute Gasteiger partial charge is 0.332 e. The van der Waals surface area contributed by atoms with E-state index in [0.29, 0.717) is 6.54 Å². The summed E-state index contributed by atoms with van der Waals surface area (Å²) in [4.78, 5) is 14.8. The van der Waals surface area contributed by atoms with Gasteiger partial charge in [-0.25, -0.2) is 0 Å². The van der Waals surface area contributed by atoms with Crippen molar-refractivity contribution in [3.05, 3.63) is 33.8 Å². The van der Waals surface area contributed by atoms with Gasteiger partial charge in [-0.05, 0) is 50.8 Å². The van der Waals surface area contributed by atoms with Gasteiger partial charge < -0.3 is 10.6 Å². The van der Waals surface area contributed by atoms with Crippen LogP contribution in [0.3, 0.4) is 0 Å². The number of halogens is 1. The first-order valence-electron chi connectivity index (χ1n) is 6.83. The van der Waals surface area contributed by atoms with E-state index in [0.717, 1.165) is 34.9 Å². The Labute approximate surface area is 123 Å². The fraction of sp³-hybridized carbons (Fsp3) is 0.533. The number of nitrogens with two attached hydrogens (primary N) is 1. The van der Waals surface area contributed by atoms with Gasteiger partial charge in [0.15, 0.2) is 0 Å². The van der Waals surface area contributed by atoms with Gasteiger partial charge in [0.05, 0.1) is 0 Å². The molecule has 0 bridgehead atoms. The first-order chi connectivity index (χ1) is 9.04. The quantitative estimate of drug-likeness (QED) is 0.908. The second-order valence-corrected chi connectivity index (χ2v) is 6.26. The van der Waals surface area contributed by atoms with Crippen molar-refractivity contribution in [1.29, 1.82) is 0 Å². The standard InChI is InChI=1S/C15H21BrN2O/c1-10-6-7-12(16)8-14(10)15(19)18-11(2)4-3-5-13(18)9-17/h6-8,11,13H,3-5,9,17H2,1-2H3. The number of carbonyl (C=O) groups excluding carboxylic acids is 1. The Morgan fingerprint density at radius 3 is 2.89 bits per heavy atom. The van der Waals surface area contributed by atoms with E-state index in [9.17, 15) is 4.79 Å². The van der Waals surface area contributed by atoms with E-state index in [1.807, 2.05) is 30.0 Å². The maximum Gasteiger partial charge on any atom is 0.254 e. The molecule has 1 aromatic rings. The predicted molar refractivity (Wildman–Crippen MR) is 81.2 cm³/mol. The van der Waals surface area contributed by atoms with Crippen LogP contribution in [0.15, 0.2) is 22.7 Å². The number of aryl methyl sites for hydroxylation is 1. The number of hydrogen-bond acceptors (Lipinski definition) is 2. The van der Waals surface area contributed by atoms with Crippen molar-refractivity contribution < 1.29 is 4.79 Å². The van der Waals surface area contributed by atoms with Gasteiger partial charge in [-0.2, -0.15) is 0 Å². The van der Waals surface area contributed by atoms with Crippen molar-refractivity contribution in [2.24, 2.45) is 5.73 Å². The van der Waals surface area contributed by atoms with E-state index in [4.69, 9.17) is 5.73 Å². The smallest absolute Gasteiger partial charge is 0.254 e. The number of benzene rings is 1. The highest BCUT2D eigenvalue weighted by Gasteiger charge is 2.32. The molecule has 1 fully saturated rings. The summed E-state index contributed by atoms with van der Waals surface area (Å²) in [5, 5.41) is 0. The predicted octanol–water partition coefficient (Wildman–Crippen LogP) is 3.10. The van der Waals surface area contributed by atoms with Crippen molar-refractivity contribution >= 4 is 21.8 Å². The molecule has 2 N–H and O–H groups in total. The molecule has 0 spiro atoms. The molecule has 19 heavy (non-hydrogen) atoms. The average Bonchev–Trinajstić information content (AvgIpc) is 2.40. The number of rotatable bonds is 2. The minimum absolute atomic E-state index is 0.112. The van der Waals surface area contributed by atoms with E-state index in [-0.39, 0.29) is 18.0 Å². The van der Waals surface area contributed by atoms with Crippen LogP contribution in [0.25, 0.3) is 0 Å². The van der Waals surface area contributed by atoms with E-state index in [2.05, 4.69) is 22.9 Å². The molecule has 1 amide bonds. The van der Waals surface area contributed by atoms with Crippen LogP contribution in [0.4, 0.5) is 0 Å². The lowest BCUT2D eigenvalue weighted by Crippen LogP contribution is -2.52. The zero-order valence-corrected chi connectivity index (χ0v) is 13.1. The third kappa shape index (κ3) is 3.00. The van der Waals surface area contributed by atoms with Crippen molar-refractivity contribution in [3.63, 3.8) is 0 Å². The minimum atomic E-state index is 0.112. The van der Waals surface area contributed by atoms with E-state index in [1.54, 1.807) is 0 Å². The van der Waals surface area contributed by atoms with E-state index in [1.165, 1.54) is 0 Å². The molecule has 2 atom stereocenters. The molecule has 0 saturated carbocycles. The van der Waals surface area contributed by atoms with Gasteiger partial charge in [0.1, 0.15) is 0 Å². The molecule has 2 rings (SSSR count). The van der Waals surface area contributed by atoms with Crippen molar-refractivity contribution in [3.8, 4) is 0 Å². The van der Waals surface area contributed by atoms with Crippen molar-refractivity contribution in [2.75, 3.05) is 6.54 Å². The van der Waals surface area contributed by atoms with Crippen LogP contribution in [0.5, 0.6) is 0 Å². The van der Waals surface area contributed by atoms with Crippen LogP contribution < -0.4 is 5.73 Å². The fourth-order valence-electron chi connectivity index (χ4n) is 2.85. The molecular weight excluding hydrogens is 304 g/mol. The Bertz CT molecular complexity index is 475. The highest BCUT2D eigenvalue weighted by Crippen LogP contribution is 2.26. The number of nitrogens with zero attached hydrogens (tertiary/aromatic N) is 1. The number of likely N-dealkylation sites (tertiary alicyclic amines) is 1. The Morgan fingerprint density at radius 2 is 2.21 bits per heavy atom. The Kier molecular flexibility index (Phi) is 4.63. The summed E-state index contributed by atoms with van der Waals surface area (Å²) in [5.41, 5.74) is 7.63. The van der Waals surface area contributed by atoms with Gasteiger partial charge in [-0.3, -0.25) is 4.79 Å². The van der Waals surface area contributed by atoms with Gasteiger partial charge in [0, 0.05) is 28.7 Å². The van der Waals surface area contributed by atoms with Crippen LogP contribution in [0, 0.1) is 6.92 Å². The molecule has 0 aromatic heterocycles. The maximum atomic E-state index is 12.8. The minimum Gasteiger partial charge on any atom is -0.332 e. The summed E-state index contributed by atoms with van der Waals surface area (Å²) in [7, 11) is 0. The molecule has 1 aliphatic rings. The lowest BCUT2D eigenvalue weighted by Gasteiger charge is -2.40. The first-order valence-corrected chi connectivity index (χ1v) is 7.62. The molecule has 3 nitrogen and oxygen atoms in total. The number of amides is 1. The van der Waals surface area contributed by atoms with Crippen molar-refractivity contribution in [2.45, 2.75) is 45.2 Å². The highest BCUT2D eigenvalue weighted by molar-refractivity contribution is 9.10. The highest BCUT2D eigenvalue weighted by atomic mass is 79.9. The molecule has 1 aliphatic heterocycles. The Morgan fingerprint density at radius 1 is 1.47 bits per heavy atom. The third-order valence-corrected chi connectivity index (χ3v) is 4.46. The SMILES string of the molecule is Cc1ccc(Br)cc1C(=O)N1C(C)CCCC1CN. The molecule has 104 valence electrons. The van der Waals surface area contributed by atoms with E-state index < -0.39 is 0 Å². The number of hydrogen-bond donors (Lipinski definition) is 1. The summed E-state index contributed by atoms with van der Waals surface area (Å²) in [6.45, 7) is 4.64. The summed E-state index contributed by atoms with van der Waals surface area (Å²) in [5.74, 6) is 0.112. The lowest BCUT2D eigenvalue weighted by molar-refractivity contribution is 0.0493. The maximum absolute atomic E-state index is 12.8. The summed E-state index contributed by atoms with van der Waals surface area (Å²) in [6.07, 6.45) is 3.24. The molecule has 0 aliphatic carbocycles. The first kappa shape index (κ1) is 14.5. The molecule has 2 unspecified atom stereocenters. The van der Waals surface area contributed by atoms with Crippen LogP contribution in [0.1, 0.15) is 42.1 Å². The topological polar surface area (TPSA) is 46.3 Å². The molecule has 4 heteroatoms. The number of piperidine rings is 1. The summed E-state index contributed by atoms with van der Waals surface area (Å²) >= 11 is 3.44. The van der Waals surface area contributed by atoms with Gasteiger partial charge in [-0.15, -0.1) is 0 Å². The molecular formula is C15H21BrN2O. The molecule has 1 heterocycles. The van der Waals surface area contributed by atoms with E-state index >= 15 is 0 Å². The van der Waals surface area contributed by atoms with Crippen molar-refractivity contribution in [1.82, 2.24) is 4.90 Å². The molecule has 0 radical (unpaired) electrons. The third-order valence-electron chi connectivity index (χ3n) is 3.96. The Hall–Kier alpha value is -0.870. The summed E-state index contributed by atoms with van der Waals surface area (Å²) in [6, 6.07) is 6.30. The second kappa shape index (κ2) is 6.06. The van der Waals surface area contributed by atoms with Crippen LogP contribution in [-0.4, -0.2) is 29.4 Å². The van der Waals surface area contributed by atoms with Gasteiger partial charge in [0.25, 0.3) is 5.91 Å². The zero-order valence-electron chi connectivity index (χ0n) is 11.5. The number of carbonyl (C=O) groups is 1. The van der Waals surface area contributed by atoms with Crippen LogP contribution in [0.2, 0.25) is 0 Å². The van der Waals surface area contributed by atoms with Gasteiger partial charge in [0.2, 0.25) is 0 Å². The lowest BCUT2D eigenvalue weighted by atomic mass is 9.94. The Balaban J connectivity index is 2.33. The molecule has 1 aromatic carbocycles. The van der Waals surface area contributed by atoms with Crippen LogP contribution in [-0.2, 0) is 0 Å². The van der Waals surface area contributed by atoms with Gasteiger partial charge in [-0.1, -0.05) is 22.0 Å². The second-order valence-electron chi connectivity index (χ2n) is 5.34. The van der Waals surface area contributed by atoms with Crippen LogP contribution >= 0.6 is 15.9 Å². The monoisotopic (exact) mass is 324 g/mol. The zero-order chi connectivity index (χ0) is 14.0. The summed E-state index contributed by atoms with van der Waals surface area (Å²) < 4.78 is 0.940. The average molecular weight is 325 g/mol. The van der Waals surface area contributed by atoms with Gasteiger partial charge >= 0.3 is 0 Å².